The van der Waals surface area contributed by atoms with Crippen LogP contribution in [0.3, 0.4) is 0 Å². The summed E-state index contributed by atoms with van der Waals surface area (Å²) in [6.07, 6.45) is 11.3. The molecule has 2 aromatic rings. The summed E-state index contributed by atoms with van der Waals surface area (Å²) in [4.78, 5) is 29.6. The summed E-state index contributed by atoms with van der Waals surface area (Å²) in [6, 6.07) is 11.7. The minimum atomic E-state index is -0.402. The maximum atomic E-state index is 13.8. The van der Waals surface area contributed by atoms with Gasteiger partial charge in [0.1, 0.15) is 5.76 Å². The summed E-state index contributed by atoms with van der Waals surface area (Å²) in [6.45, 7) is 0.373. The van der Waals surface area contributed by atoms with E-state index in [1.807, 2.05) is 36.4 Å². The number of fused-ring (bicyclic) bond motifs is 1. The van der Waals surface area contributed by atoms with Crippen molar-refractivity contribution in [3.63, 3.8) is 0 Å². The van der Waals surface area contributed by atoms with Gasteiger partial charge in [-0.3, -0.25) is 9.59 Å². The Balaban J connectivity index is 1.56. The highest BCUT2D eigenvalue weighted by molar-refractivity contribution is 6.02. The Morgan fingerprint density at radius 1 is 1.03 bits per heavy atom. The molecule has 5 heteroatoms. The molecule has 1 N–H and O–H groups in total. The lowest BCUT2D eigenvalue weighted by molar-refractivity contribution is -0.127. The topological polar surface area (TPSA) is 62.6 Å². The second-order valence-electron chi connectivity index (χ2n) is 9.10. The zero-order valence-corrected chi connectivity index (χ0v) is 17.4. The van der Waals surface area contributed by atoms with Gasteiger partial charge in [0.15, 0.2) is 0 Å². The Hall–Kier alpha value is -2.56. The van der Waals surface area contributed by atoms with E-state index < -0.39 is 5.54 Å². The van der Waals surface area contributed by atoms with E-state index in [1.165, 1.54) is 19.3 Å². The lowest BCUT2D eigenvalue weighted by atomic mass is 9.69. The highest BCUT2D eigenvalue weighted by atomic mass is 16.3. The zero-order chi connectivity index (χ0) is 20.6. The van der Waals surface area contributed by atoms with Crippen molar-refractivity contribution < 1.29 is 14.0 Å². The number of hydrogen-bond donors (Lipinski definition) is 1. The Labute approximate surface area is 177 Å². The molecule has 0 radical (unpaired) electrons. The number of hydrogen-bond acceptors (Lipinski definition) is 3. The maximum Gasteiger partial charge on any atom is 0.254 e. The molecule has 1 spiro atoms. The van der Waals surface area contributed by atoms with E-state index in [2.05, 4.69) is 10.2 Å². The van der Waals surface area contributed by atoms with Gasteiger partial charge < -0.3 is 14.6 Å². The summed E-state index contributed by atoms with van der Waals surface area (Å²) < 4.78 is 5.41. The molecule has 2 aliphatic carbocycles. The molecule has 2 saturated carbocycles. The number of nitrogens with one attached hydrogen (secondary N) is 1. The van der Waals surface area contributed by atoms with Gasteiger partial charge in [0.25, 0.3) is 5.91 Å². The van der Waals surface area contributed by atoms with Gasteiger partial charge >= 0.3 is 0 Å². The number of rotatable bonds is 4. The van der Waals surface area contributed by atoms with Crippen LogP contribution in [0.2, 0.25) is 0 Å². The van der Waals surface area contributed by atoms with Crippen LogP contribution in [0.4, 0.5) is 0 Å². The van der Waals surface area contributed by atoms with Crippen LogP contribution >= 0.6 is 0 Å². The number of furan rings is 1. The first-order valence-corrected chi connectivity index (χ1v) is 11.4. The molecule has 1 aromatic carbocycles. The normalized spacial score (nSPS) is 23.5. The molecular weight excluding hydrogens is 376 g/mol. The van der Waals surface area contributed by atoms with Crippen molar-refractivity contribution in [2.24, 2.45) is 0 Å². The summed E-state index contributed by atoms with van der Waals surface area (Å²) in [5.74, 6) is 0.558. The van der Waals surface area contributed by atoms with Gasteiger partial charge in [-0.1, -0.05) is 50.3 Å². The largest absolute Gasteiger partial charge is 0.467 e. The minimum Gasteiger partial charge on any atom is -0.467 e. The zero-order valence-electron chi connectivity index (χ0n) is 17.4. The van der Waals surface area contributed by atoms with E-state index in [9.17, 15) is 9.59 Å². The van der Waals surface area contributed by atoms with E-state index in [0.717, 1.165) is 49.8 Å². The molecule has 2 heterocycles. The smallest absolute Gasteiger partial charge is 0.254 e. The second kappa shape index (κ2) is 7.93. The highest BCUT2D eigenvalue weighted by Gasteiger charge is 2.57. The summed E-state index contributed by atoms with van der Waals surface area (Å²) in [5, 5.41) is 3.11. The van der Waals surface area contributed by atoms with Crippen molar-refractivity contribution in [2.75, 3.05) is 0 Å². The Morgan fingerprint density at radius 2 is 1.80 bits per heavy atom. The highest BCUT2D eigenvalue weighted by Crippen LogP contribution is 2.52. The van der Waals surface area contributed by atoms with E-state index in [0.29, 0.717) is 12.1 Å². The van der Waals surface area contributed by atoms with Crippen molar-refractivity contribution in [1.29, 1.82) is 0 Å². The van der Waals surface area contributed by atoms with E-state index in [-0.39, 0.29) is 23.8 Å². The molecule has 2 fully saturated rings. The van der Waals surface area contributed by atoms with Crippen molar-refractivity contribution in [3.05, 3.63) is 59.5 Å². The Bertz CT molecular complexity index is 908. The molecule has 1 aliphatic heterocycles. The fourth-order valence-corrected chi connectivity index (χ4v) is 6.16. The van der Waals surface area contributed by atoms with Crippen LogP contribution in [0.5, 0.6) is 0 Å². The maximum absolute atomic E-state index is 13.8. The number of amides is 2. The first kappa shape index (κ1) is 19.4. The van der Waals surface area contributed by atoms with Crippen LogP contribution < -0.4 is 5.32 Å². The van der Waals surface area contributed by atoms with Crippen molar-refractivity contribution >= 4 is 11.8 Å². The standard InChI is InChI=1S/C25H30N2O3/c28-23(26-17-19-11-8-16-30-19)22-20-12-4-5-13-21(20)24(29)27(18-9-2-1-3-10-18)25(22)14-6-7-15-25/h4-5,8,11-13,16,18,22H,1-3,6-7,9-10,14-15,17H2,(H,26,28). The summed E-state index contributed by atoms with van der Waals surface area (Å²) in [7, 11) is 0. The van der Waals surface area contributed by atoms with Gasteiger partial charge in [0.2, 0.25) is 5.91 Å². The minimum absolute atomic E-state index is 0.00839. The molecule has 5 rings (SSSR count). The predicted molar refractivity (Wildman–Crippen MR) is 114 cm³/mol. The predicted octanol–water partition coefficient (Wildman–Crippen LogP) is 4.78. The lowest BCUT2D eigenvalue weighted by Crippen LogP contribution is -2.63. The third-order valence-corrected chi connectivity index (χ3v) is 7.43. The average molecular weight is 407 g/mol. The first-order chi connectivity index (χ1) is 14.7. The quantitative estimate of drug-likeness (QED) is 0.795. The van der Waals surface area contributed by atoms with Gasteiger partial charge in [-0.05, 0) is 49.4 Å². The molecule has 2 amide bonds. The van der Waals surface area contributed by atoms with E-state index in [4.69, 9.17) is 4.42 Å². The fraction of sp³-hybridized carbons (Fsp3) is 0.520. The molecule has 1 atom stereocenters. The number of carbonyl (C=O) groups is 2. The van der Waals surface area contributed by atoms with Gasteiger partial charge in [0.05, 0.1) is 24.3 Å². The van der Waals surface area contributed by atoms with Gasteiger partial charge in [-0.25, -0.2) is 0 Å². The van der Waals surface area contributed by atoms with E-state index >= 15 is 0 Å². The summed E-state index contributed by atoms with van der Waals surface area (Å²) in [5.41, 5.74) is 1.20. The first-order valence-electron chi connectivity index (χ1n) is 11.4. The second-order valence-corrected chi connectivity index (χ2v) is 9.10. The molecule has 0 bridgehead atoms. The number of carbonyl (C=O) groups excluding carboxylic acids is 2. The van der Waals surface area contributed by atoms with E-state index in [1.54, 1.807) is 6.26 Å². The molecule has 3 aliphatic rings. The molecule has 1 unspecified atom stereocenters. The molecule has 1 aromatic heterocycles. The SMILES string of the molecule is O=C(NCc1ccco1)C1c2ccccc2C(=O)N(C2CCCCC2)C12CCCC2. The number of nitrogens with zero attached hydrogens (tertiary/aromatic N) is 1. The Kier molecular flexibility index (Phi) is 5.13. The van der Waals surface area contributed by atoms with Crippen LogP contribution in [-0.2, 0) is 11.3 Å². The molecule has 0 saturated heterocycles. The van der Waals surface area contributed by atoms with Gasteiger partial charge in [-0.15, -0.1) is 0 Å². The van der Waals surface area contributed by atoms with Gasteiger partial charge in [0, 0.05) is 11.6 Å². The van der Waals surface area contributed by atoms with Crippen LogP contribution in [-0.4, -0.2) is 28.3 Å². The third-order valence-electron chi connectivity index (χ3n) is 7.43. The average Bonchev–Trinajstić information content (AvgIpc) is 3.46. The monoisotopic (exact) mass is 406 g/mol. The third kappa shape index (κ3) is 3.15. The summed E-state index contributed by atoms with van der Waals surface area (Å²) >= 11 is 0. The van der Waals surface area contributed by atoms with Crippen LogP contribution in [0, 0.1) is 0 Å². The fourth-order valence-electron chi connectivity index (χ4n) is 6.16. The van der Waals surface area contributed by atoms with Crippen molar-refractivity contribution in [2.45, 2.75) is 81.8 Å². The van der Waals surface area contributed by atoms with Gasteiger partial charge in [-0.2, -0.15) is 0 Å². The lowest BCUT2D eigenvalue weighted by Gasteiger charge is -2.53. The number of benzene rings is 1. The molecule has 30 heavy (non-hydrogen) atoms. The molecule has 5 nitrogen and oxygen atoms in total. The van der Waals surface area contributed by atoms with Crippen LogP contribution in [0.1, 0.15) is 85.4 Å². The van der Waals surface area contributed by atoms with Crippen LogP contribution in [0.25, 0.3) is 0 Å². The van der Waals surface area contributed by atoms with Crippen molar-refractivity contribution in [3.8, 4) is 0 Å². The molecular formula is C25H30N2O3. The molecule has 158 valence electrons. The van der Waals surface area contributed by atoms with Crippen LogP contribution in [0.15, 0.2) is 47.1 Å². The Morgan fingerprint density at radius 3 is 2.53 bits per heavy atom. The van der Waals surface area contributed by atoms with Crippen molar-refractivity contribution in [1.82, 2.24) is 10.2 Å².